The molecule has 1 saturated heterocycles. The molecule has 0 spiro atoms. The molecule has 0 N–H and O–H groups in total. The first kappa shape index (κ1) is 27.4. The molecule has 1 fully saturated rings. The van der Waals surface area contributed by atoms with Crippen molar-refractivity contribution in [2.75, 3.05) is 4.90 Å². The molecule has 1 atom stereocenters. The molecular formula is C24H18F6N3O4S+. The Bertz CT molecular complexity index is 1420. The highest BCUT2D eigenvalue weighted by atomic mass is 32.2. The fourth-order valence-corrected chi connectivity index (χ4v) is 4.66. The predicted molar refractivity (Wildman–Crippen MR) is 123 cm³/mol. The Morgan fingerprint density at radius 3 is 2.24 bits per heavy atom. The lowest BCUT2D eigenvalue weighted by Crippen LogP contribution is -2.62. The number of carbonyl (C=O) groups is 3. The summed E-state index contributed by atoms with van der Waals surface area (Å²) in [4.78, 5) is 48.6. The van der Waals surface area contributed by atoms with Gasteiger partial charge in [0.05, 0.1) is 11.2 Å². The number of para-hydroxylation sites is 1. The number of alkyl halides is 6. The number of fused-ring (bicyclic) bond motifs is 1. The second-order valence-corrected chi connectivity index (χ2v) is 9.92. The van der Waals surface area contributed by atoms with Crippen LogP contribution in [0.15, 0.2) is 65.7 Å². The standard InChI is InChI=1S/C24H18F6N3O4S/c1-22(2)19(34)32(15-7-9-16(10-8-15)38-24(28,29)30)21(36)33(22,37-20(35)23(25,26)27)13-14-11-12-31-18-6-4-3-5-17(14)18/h3-12H,13H2,1-2H3/q+1. The summed E-state index contributed by atoms with van der Waals surface area (Å²) in [7, 11) is 0. The average Bonchev–Trinajstić information content (AvgIpc) is 2.96. The highest BCUT2D eigenvalue weighted by Gasteiger charge is 2.72. The van der Waals surface area contributed by atoms with E-state index in [1.54, 1.807) is 24.3 Å². The number of nitrogens with zero attached hydrogens (tertiary/aromatic N) is 3. The lowest BCUT2D eigenvalue weighted by molar-refractivity contribution is -1.06. The van der Waals surface area contributed by atoms with E-state index in [1.807, 2.05) is 0 Å². The SMILES string of the molecule is CC1(C)C(=O)N(c2ccc(SC(F)(F)F)cc2)C(=O)[N+]1(Cc1ccnc2ccccc12)OC(=O)C(F)(F)F. The summed E-state index contributed by atoms with van der Waals surface area (Å²) >= 11 is -0.425. The van der Waals surface area contributed by atoms with Gasteiger partial charge >= 0.3 is 29.6 Å². The largest absolute Gasteiger partial charge is 0.497 e. The van der Waals surface area contributed by atoms with Crippen molar-refractivity contribution in [3.05, 3.63) is 66.4 Å². The number of hydrogen-bond acceptors (Lipinski definition) is 6. The molecule has 2 aromatic carbocycles. The number of aromatic nitrogens is 1. The maximum Gasteiger partial charge on any atom is 0.497 e. The number of benzene rings is 2. The molecule has 0 aliphatic carbocycles. The quantitative estimate of drug-likeness (QED) is 0.162. The minimum atomic E-state index is -5.49. The number of imide groups is 1. The summed E-state index contributed by atoms with van der Waals surface area (Å²) in [5.41, 5.74) is -6.16. The maximum atomic E-state index is 13.8. The number of urea groups is 1. The van der Waals surface area contributed by atoms with Crippen LogP contribution in [-0.4, -0.2) is 44.8 Å². The van der Waals surface area contributed by atoms with Gasteiger partial charge < -0.3 is 0 Å². The molecule has 0 saturated carbocycles. The fourth-order valence-electron chi connectivity index (χ4n) is 4.12. The second kappa shape index (κ2) is 9.27. The van der Waals surface area contributed by atoms with Crippen molar-refractivity contribution in [2.45, 2.75) is 42.5 Å². The Kier molecular flexibility index (Phi) is 6.68. The third-order valence-corrected chi connectivity index (χ3v) is 6.80. The zero-order valence-electron chi connectivity index (χ0n) is 19.6. The average molecular weight is 558 g/mol. The van der Waals surface area contributed by atoms with E-state index in [2.05, 4.69) is 4.98 Å². The first-order valence-corrected chi connectivity index (χ1v) is 11.6. The van der Waals surface area contributed by atoms with Gasteiger partial charge in [-0.05, 0) is 52.8 Å². The van der Waals surface area contributed by atoms with E-state index in [-0.39, 0.29) is 16.1 Å². The molecule has 3 aromatic rings. The van der Waals surface area contributed by atoms with E-state index in [0.717, 1.165) is 38.1 Å². The Morgan fingerprint density at radius 1 is 1.00 bits per heavy atom. The fraction of sp³-hybridized carbons (Fsp3) is 0.250. The molecule has 38 heavy (non-hydrogen) atoms. The minimum Gasteiger partial charge on any atom is -0.266 e. The number of thioether (sulfide) groups is 1. The molecular weight excluding hydrogens is 540 g/mol. The van der Waals surface area contributed by atoms with Crippen molar-refractivity contribution in [2.24, 2.45) is 0 Å². The van der Waals surface area contributed by atoms with Crippen molar-refractivity contribution >= 4 is 46.3 Å². The van der Waals surface area contributed by atoms with Crippen LogP contribution in [0.2, 0.25) is 0 Å². The summed E-state index contributed by atoms with van der Waals surface area (Å²) in [6, 6.07) is 10.7. The lowest BCUT2D eigenvalue weighted by Gasteiger charge is -2.35. The van der Waals surface area contributed by atoms with Crippen molar-refractivity contribution in [1.82, 2.24) is 4.98 Å². The van der Waals surface area contributed by atoms with Crippen LogP contribution >= 0.6 is 11.8 Å². The maximum absolute atomic E-state index is 13.8. The number of amides is 3. The van der Waals surface area contributed by atoms with Gasteiger partial charge in [0.15, 0.2) is 6.54 Å². The van der Waals surface area contributed by atoms with Crippen LogP contribution in [0.5, 0.6) is 0 Å². The van der Waals surface area contributed by atoms with E-state index in [0.29, 0.717) is 15.8 Å². The number of quaternary nitrogens is 1. The van der Waals surface area contributed by atoms with Crippen LogP contribution in [0.25, 0.3) is 10.9 Å². The highest BCUT2D eigenvalue weighted by molar-refractivity contribution is 8.00. The number of hydroxylamine groups is 3. The molecule has 1 aliphatic rings. The van der Waals surface area contributed by atoms with Crippen molar-refractivity contribution < 1.29 is 50.2 Å². The van der Waals surface area contributed by atoms with Gasteiger partial charge in [0.25, 0.3) is 0 Å². The molecule has 1 aliphatic heterocycles. The Hall–Kier alpha value is -3.65. The van der Waals surface area contributed by atoms with E-state index in [1.165, 1.54) is 12.3 Å². The normalized spacial score (nSPS) is 19.7. The van der Waals surface area contributed by atoms with Crippen LogP contribution in [0.4, 0.5) is 36.8 Å². The monoisotopic (exact) mass is 558 g/mol. The smallest absolute Gasteiger partial charge is 0.266 e. The second-order valence-electron chi connectivity index (χ2n) is 8.79. The van der Waals surface area contributed by atoms with Gasteiger partial charge in [-0.2, -0.15) is 31.2 Å². The first-order chi connectivity index (χ1) is 17.6. The van der Waals surface area contributed by atoms with Crippen molar-refractivity contribution in [3.8, 4) is 0 Å². The molecule has 14 heteroatoms. The zero-order chi connectivity index (χ0) is 28.1. The first-order valence-electron chi connectivity index (χ1n) is 10.8. The molecule has 4 rings (SSSR count). The Labute approximate surface area is 215 Å². The molecule has 2 heterocycles. The van der Waals surface area contributed by atoms with Crippen LogP contribution in [-0.2, 0) is 21.0 Å². The van der Waals surface area contributed by atoms with Crippen molar-refractivity contribution in [3.63, 3.8) is 0 Å². The number of anilines is 1. The van der Waals surface area contributed by atoms with E-state index < -0.39 is 58.1 Å². The van der Waals surface area contributed by atoms with E-state index in [4.69, 9.17) is 4.84 Å². The summed E-state index contributed by atoms with van der Waals surface area (Å²) in [5, 5.41) is 0.443. The molecule has 200 valence electrons. The van der Waals surface area contributed by atoms with Gasteiger partial charge in [-0.25, -0.2) is 9.59 Å². The molecule has 1 unspecified atom stereocenters. The molecule has 3 amide bonds. The summed E-state index contributed by atoms with van der Waals surface area (Å²) in [5.74, 6) is -3.71. The minimum absolute atomic E-state index is 0.206. The lowest BCUT2D eigenvalue weighted by atomic mass is 10.0. The van der Waals surface area contributed by atoms with Crippen LogP contribution in [0, 0.1) is 0 Å². The van der Waals surface area contributed by atoms with Crippen LogP contribution in [0.3, 0.4) is 0 Å². The topological polar surface area (TPSA) is 76.6 Å². The van der Waals surface area contributed by atoms with E-state index in [9.17, 15) is 40.7 Å². The van der Waals surface area contributed by atoms with Gasteiger partial charge in [0, 0.05) is 35.9 Å². The highest BCUT2D eigenvalue weighted by Crippen LogP contribution is 2.44. The molecule has 7 nitrogen and oxygen atoms in total. The Morgan fingerprint density at radius 2 is 1.63 bits per heavy atom. The third-order valence-electron chi connectivity index (χ3n) is 6.06. The van der Waals surface area contributed by atoms with Crippen LogP contribution < -0.4 is 4.90 Å². The number of rotatable bonds is 5. The zero-order valence-corrected chi connectivity index (χ0v) is 20.4. The summed E-state index contributed by atoms with van der Waals surface area (Å²) < 4.78 is 76.4. The summed E-state index contributed by atoms with van der Waals surface area (Å²) in [6.45, 7) is 1.63. The number of halogens is 6. The van der Waals surface area contributed by atoms with Gasteiger partial charge in [-0.15, -0.1) is 0 Å². The number of hydrogen-bond donors (Lipinski definition) is 0. The van der Waals surface area contributed by atoms with E-state index >= 15 is 0 Å². The number of pyridine rings is 1. The molecule has 0 radical (unpaired) electrons. The molecule has 1 aromatic heterocycles. The summed E-state index contributed by atoms with van der Waals surface area (Å²) in [6.07, 6.45) is -4.14. The Balaban J connectivity index is 1.84. The third kappa shape index (κ3) is 4.80. The molecule has 0 bridgehead atoms. The number of carbonyl (C=O) groups excluding carboxylic acids is 3. The van der Waals surface area contributed by atoms with Crippen molar-refractivity contribution in [1.29, 1.82) is 0 Å². The van der Waals surface area contributed by atoms with Gasteiger partial charge in [-0.3, -0.25) is 14.6 Å². The van der Waals surface area contributed by atoms with Crippen LogP contribution in [0.1, 0.15) is 19.4 Å². The predicted octanol–water partition coefficient (Wildman–Crippen LogP) is 6.13. The van der Waals surface area contributed by atoms with Gasteiger partial charge in [0.2, 0.25) is 5.54 Å². The van der Waals surface area contributed by atoms with Gasteiger partial charge in [-0.1, -0.05) is 18.2 Å². The van der Waals surface area contributed by atoms with Gasteiger partial charge in [0.1, 0.15) is 0 Å².